The predicted octanol–water partition coefficient (Wildman–Crippen LogP) is 3.82. The van der Waals surface area contributed by atoms with Crippen molar-refractivity contribution in [3.05, 3.63) is 59.7 Å². The molecule has 1 amide bonds. The number of nitrogens with zero attached hydrogens (tertiary/aromatic N) is 3. The third kappa shape index (κ3) is 4.50. The Labute approximate surface area is 162 Å². The maximum absolute atomic E-state index is 13.0. The van der Waals surface area contributed by atoms with Crippen LogP contribution in [0.15, 0.2) is 48.5 Å². The Kier molecular flexibility index (Phi) is 6.16. The number of amides is 1. The number of hydrogen-bond acceptors (Lipinski definition) is 6. The number of aryl methyl sites for hydroxylation is 1. The number of carbonyl (C=O) groups excluding carboxylic acids is 1. The molecule has 27 heavy (non-hydrogen) atoms. The van der Waals surface area contributed by atoms with Crippen molar-refractivity contribution in [1.82, 2.24) is 10.2 Å². The fourth-order valence-corrected chi connectivity index (χ4v) is 3.37. The van der Waals surface area contributed by atoms with Gasteiger partial charge in [0.05, 0.1) is 20.3 Å². The minimum Gasteiger partial charge on any atom is -0.497 e. The molecular formula is C20H21N3O3S. The zero-order valence-electron chi connectivity index (χ0n) is 15.5. The Bertz CT molecular complexity index is 892. The van der Waals surface area contributed by atoms with Gasteiger partial charge in [-0.15, -0.1) is 10.2 Å². The normalized spacial score (nSPS) is 10.6. The second-order valence-corrected chi connectivity index (χ2v) is 6.89. The Morgan fingerprint density at radius 1 is 1.04 bits per heavy atom. The minimum atomic E-state index is -0.152. The molecular weight excluding hydrogens is 362 g/mol. The van der Waals surface area contributed by atoms with Crippen molar-refractivity contribution >= 4 is 22.4 Å². The summed E-state index contributed by atoms with van der Waals surface area (Å²) in [5.41, 5.74) is 2.71. The lowest BCUT2D eigenvalue weighted by Crippen LogP contribution is -2.33. The molecule has 0 atom stereocenters. The van der Waals surface area contributed by atoms with Crippen LogP contribution in [0.25, 0.3) is 10.6 Å². The van der Waals surface area contributed by atoms with Crippen LogP contribution < -0.4 is 9.64 Å². The van der Waals surface area contributed by atoms with Gasteiger partial charge in [0.2, 0.25) is 5.13 Å². The summed E-state index contributed by atoms with van der Waals surface area (Å²) in [4.78, 5) is 14.6. The standard InChI is InChI=1S/C20H21N3O3S/c1-14-4-6-15(7-5-14)18-21-22-20(27-18)23(12-13-25-2)19(24)16-8-10-17(26-3)11-9-16/h4-11H,12-13H2,1-3H3. The zero-order valence-corrected chi connectivity index (χ0v) is 16.3. The molecule has 140 valence electrons. The molecule has 0 aliphatic rings. The van der Waals surface area contributed by atoms with Crippen molar-refractivity contribution in [2.45, 2.75) is 6.92 Å². The monoisotopic (exact) mass is 383 g/mol. The summed E-state index contributed by atoms with van der Waals surface area (Å²) in [6.45, 7) is 2.83. The van der Waals surface area contributed by atoms with Gasteiger partial charge in [-0.25, -0.2) is 0 Å². The topological polar surface area (TPSA) is 64.5 Å². The molecule has 0 saturated heterocycles. The van der Waals surface area contributed by atoms with E-state index >= 15 is 0 Å². The maximum Gasteiger partial charge on any atom is 0.260 e. The van der Waals surface area contributed by atoms with E-state index < -0.39 is 0 Å². The van der Waals surface area contributed by atoms with Crippen LogP contribution in [0.5, 0.6) is 5.75 Å². The van der Waals surface area contributed by atoms with Crippen LogP contribution in [0.2, 0.25) is 0 Å². The first-order valence-electron chi connectivity index (χ1n) is 8.48. The van der Waals surface area contributed by atoms with E-state index in [1.165, 1.54) is 16.9 Å². The van der Waals surface area contributed by atoms with Gasteiger partial charge in [0.15, 0.2) is 0 Å². The summed E-state index contributed by atoms with van der Waals surface area (Å²) >= 11 is 1.38. The van der Waals surface area contributed by atoms with E-state index in [2.05, 4.69) is 10.2 Å². The quantitative estimate of drug-likeness (QED) is 0.621. The number of hydrogen-bond donors (Lipinski definition) is 0. The molecule has 0 N–H and O–H groups in total. The minimum absolute atomic E-state index is 0.152. The van der Waals surface area contributed by atoms with E-state index in [-0.39, 0.29) is 5.91 Å². The van der Waals surface area contributed by atoms with Gasteiger partial charge in [-0.2, -0.15) is 0 Å². The molecule has 1 aromatic heterocycles. The fraction of sp³-hybridized carbons (Fsp3) is 0.250. The van der Waals surface area contributed by atoms with Crippen LogP contribution in [-0.2, 0) is 4.74 Å². The fourth-order valence-electron chi connectivity index (χ4n) is 2.49. The SMILES string of the molecule is COCCN(C(=O)c1ccc(OC)cc1)c1nnc(-c2ccc(C)cc2)s1. The van der Waals surface area contributed by atoms with Crippen LogP contribution in [-0.4, -0.2) is 43.5 Å². The lowest BCUT2D eigenvalue weighted by molar-refractivity contribution is 0.0975. The second-order valence-electron chi connectivity index (χ2n) is 5.93. The third-order valence-electron chi connectivity index (χ3n) is 4.04. The molecule has 0 saturated carbocycles. The number of ether oxygens (including phenoxy) is 2. The number of aromatic nitrogens is 2. The highest BCUT2D eigenvalue weighted by atomic mass is 32.1. The molecule has 0 unspecified atom stereocenters. The average molecular weight is 383 g/mol. The number of anilines is 1. The van der Waals surface area contributed by atoms with Crippen molar-refractivity contribution in [3.8, 4) is 16.3 Å². The van der Waals surface area contributed by atoms with Gasteiger partial charge in [0, 0.05) is 18.2 Å². The largest absolute Gasteiger partial charge is 0.497 e. The number of benzene rings is 2. The Morgan fingerprint density at radius 3 is 2.37 bits per heavy atom. The zero-order chi connectivity index (χ0) is 19.2. The van der Waals surface area contributed by atoms with Crippen molar-refractivity contribution in [1.29, 1.82) is 0 Å². The number of carbonyl (C=O) groups is 1. The van der Waals surface area contributed by atoms with Gasteiger partial charge >= 0.3 is 0 Å². The summed E-state index contributed by atoms with van der Waals surface area (Å²) in [5.74, 6) is 0.550. The summed E-state index contributed by atoms with van der Waals surface area (Å²) in [7, 11) is 3.20. The van der Waals surface area contributed by atoms with Gasteiger partial charge in [-0.1, -0.05) is 41.2 Å². The molecule has 0 radical (unpaired) electrons. The molecule has 0 aliphatic heterocycles. The average Bonchev–Trinajstić information content (AvgIpc) is 3.18. The molecule has 6 nitrogen and oxygen atoms in total. The van der Waals surface area contributed by atoms with Crippen molar-refractivity contribution in [2.75, 3.05) is 32.3 Å². The number of methoxy groups -OCH3 is 2. The van der Waals surface area contributed by atoms with E-state index in [0.29, 0.717) is 29.6 Å². The van der Waals surface area contributed by atoms with E-state index in [4.69, 9.17) is 9.47 Å². The predicted molar refractivity (Wildman–Crippen MR) is 107 cm³/mol. The maximum atomic E-state index is 13.0. The van der Waals surface area contributed by atoms with Gasteiger partial charge in [0.25, 0.3) is 5.91 Å². The van der Waals surface area contributed by atoms with Gasteiger partial charge in [0.1, 0.15) is 10.8 Å². The van der Waals surface area contributed by atoms with E-state index in [1.807, 2.05) is 31.2 Å². The third-order valence-corrected chi connectivity index (χ3v) is 5.04. The van der Waals surface area contributed by atoms with Crippen LogP contribution in [0.3, 0.4) is 0 Å². The van der Waals surface area contributed by atoms with Crippen molar-refractivity contribution in [3.63, 3.8) is 0 Å². The summed E-state index contributed by atoms with van der Waals surface area (Å²) in [6.07, 6.45) is 0. The molecule has 0 spiro atoms. The van der Waals surface area contributed by atoms with E-state index in [0.717, 1.165) is 10.6 Å². The first-order chi connectivity index (χ1) is 13.1. The lowest BCUT2D eigenvalue weighted by Gasteiger charge is -2.19. The van der Waals surface area contributed by atoms with Crippen LogP contribution >= 0.6 is 11.3 Å². The molecule has 3 rings (SSSR count). The van der Waals surface area contributed by atoms with Gasteiger partial charge in [-0.3, -0.25) is 9.69 Å². The lowest BCUT2D eigenvalue weighted by atomic mass is 10.2. The Morgan fingerprint density at radius 2 is 1.74 bits per heavy atom. The smallest absolute Gasteiger partial charge is 0.260 e. The Balaban J connectivity index is 1.87. The van der Waals surface area contributed by atoms with Gasteiger partial charge < -0.3 is 9.47 Å². The highest BCUT2D eigenvalue weighted by Crippen LogP contribution is 2.29. The van der Waals surface area contributed by atoms with E-state index in [1.54, 1.807) is 43.4 Å². The van der Waals surface area contributed by atoms with Crippen LogP contribution in [0.1, 0.15) is 15.9 Å². The molecule has 2 aromatic carbocycles. The summed E-state index contributed by atoms with van der Waals surface area (Å²) in [5, 5.41) is 9.82. The van der Waals surface area contributed by atoms with Crippen LogP contribution in [0, 0.1) is 6.92 Å². The Hall–Kier alpha value is -2.77. The first-order valence-corrected chi connectivity index (χ1v) is 9.29. The van der Waals surface area contributed by atoms with Crippen molar-refractivity contribution in [2.24, 2.45) is 0 Å². The molecule has 1 heterocycles. The van der Waals surface area contributed by atoms with Gasteiger partial charge in [-0.05, 0) is 31.2 Å². The molecule has 3 aromatic rings. The molecule has 0 bridgehead atoms. The van der Waals surface area contributed by atoms with E-state index in [9.17, 15) is 4.79 Å². The second kappa shape index (κ2) is 8.75. The first kappa shape index (κ1) is 19.0. The number of rotatable bonds is 7. The van der Waals surface area contributed by atoms with Crippen LogP contribution in [0.4, 0.5) is 5.13 Å². The molecule has 0 fully saturated rings. The highest BCUT2D eigenvalue weighted by Gasteiger charge is 2.22. The highest BCUT2D eigenvalue weighted by molar-refractivity contribution is 7.18. The van der Waals surface area contributed by atoms with Crippen molar-refractivity contribution < 1.29 is 14.3 Å². The molecule has 7 heteroatoms. The summed E-state index contributed by atoms with van der Waals surface area (Å²) < 4.78 is 10.3. The summed E-state index contributed by atoms with van der Waals surface area (Å²) in [6, 6.07) is 15.1. The molecule has 0 aliphatic carbocycles.